The van der Waals surface area contributed by atoms with E-state index >= 15 is 8.78 Å². The fraction of sp³-hybridized carbons (Fsp3) is 0.594. The molecule has 1 aliphatic carbocycles. The number of carbonyl (C=O) groups is 1. The summed E-state index contributed by atoms with van der Waals surface area (Å²) in [4.78, 5) is 18.4. The number of aliphatic hydroxyl groups excluding tert-OH is 1. The topological polar surface area (TPSA) is 108 Å². The van der Waals surface area contributed by atoms with Gasteiger partial charge in [0, 0.05) is 23.2 Å². The molecule has 2 aromatic rings. The molecule has 10 heteroatoms. The molecule has 0 aromatic heterocycles. The van der Waals surface area contributed by atoms with Gasteiger partial charge in [0.1, 0.15) is 17.6 Å². The van der Waals surface area contributed by atoms with Crippen molar-refractivity contribution in [2.24, 2.45) is 0 Å². The Bertz CT molecular complexity index is 1230. The minimum atomic E-state index is -1.68. The van der Waals surface area contributed by atoms with Crippen LogP contribution in [-0.4, -0.2) is 82.3 Å². The molecular weight excluding hydrogens is 542 g/mol. The second kappa shape index (κ2) is 15.0. The van der Waals surface area contributed by atoms with Crippen LogP contribution in [0.3, 0.4) is 0 Å². The van der Waals surface area contributed by atoms with E-state index in [1.54, 1.807) is 0 Å². The van der Waals surface area contributed by atoms with Crippen LogP contribution in [-0.2, 0) is 0 Å². The molecule has 3 atom stereocenters. The molecule has 0 saturated heterocycles. The van der Waals surface area contributed by atoms with Crippen LogP contribution >= 0.6 is 0 Å². The fourth-order valence-corrected chi connectivity index (χ4v) is 5.83. The molecular formula is C32H48F2N4O4. The molecule has 0 amide bonds. The van der Waals surface area contributed by atoms with Gasteiger partial charge < -0.3 is 35.8 Å². The molecule has 8 nitrogen and oxygen atoms in total. The van der Waals surface area contributed by atoms with Crippen LogP contribution in [0.4, 0.5) is 20.2 Å². The first-order valence-electron chi connectivity index (χ1n) is 15.3. The Morgan fingerprint density at radius 3 is 1.71 bits per heavy atom. The van der Waals surface area contributed by atoms with E-state index in [-0.39, 0.29) is 45.7 Å². The lowest BCUT2D eigenvalue weighted by Gasteiger charge is -2.32. The largest absolute Gasteiger partial charge is 0.508 e. The van der Waals surface area contributed by atoms with Gasteiger partial charge in [0.05, 0.1) is 22.5 Å². The van der Waals surface area contributed by atoms with Crippen molar-refractivity contribution in [1.82, 2.24) is 9.80 Å². The number of carbonyl (C=O) groups excluding carboxylic acids is 1. The first kappa shape index (κ1) is 33.6. The summed E-state index contributed by atoms with van der Waals surface area (Å²) in [6.45, 7) is 17.4. The third-order valence-electron chi connectivity index (χ3n) is 8.42. The highest BCUT2D eigenvalue weighted by Gasteiger charge is 2.41. The van der Waals surface area contributed by atoms with Gasteiger partial charge >= 0.3 is 0 Å². The maximum absolute atomic E-state index is 15.9. The summed E-state index contributed by atoms with van der Waals surface area (Å²) < 4.78 is 31.8. The average Bonchev–Trinajstić information content (AvgIpc) is 2.97. The molecule has 0 radical (unpaired) electrons. The van der Waals surface area contributed by atoms with E-state index in [0.717, 1.165) is 64.2 Å². The van der Waals surface area contributed by atoms with E-state index in [9.17, 15) is 20.1 Å². The second-order valence-corrected chi connectivity index (χ2v) is 11.2. The normalized spacial score (nSPS) is 16.0. The number of ketones is 1. The predicted octanol–water partition coefficient (Wildman–Crippen LogP) is 5.85. The Hall–Kier alpha value is -2.95. The molecule has 0 bridgehead atoms. The monoisotopic (exact) mass is 590 g/mol. The van der Waals surface area contributed by atoms with Crippen molar-refractivity contribution in [2.45, 2.75) is 85.4 Å². The van der Waals surface area contributed by atoms with Crippen molar-refractivity contribution in [2.75, 3.05) is 49.9 Å². The summed E-state index contributed by atoms with van der Waals surface area (Å²) >= 11 is 0. The van der Waals surface area contributed by atoms with Crippen molar-refractivity contribution >= 4 is 17.2 Å². The van der Waals surface area contributed by atoms with Crippen LogP contribution < -0.4 is 10.6 Å². The van der Waals surface area contributed by atoms with Crippen LogP contribution in [0.1, 0.15) is 100 Å². The van der Waals surface area contributed by atoms with Crippen LogP contribution in [0.5, 0.6) is 11.5 Å². The molecule has 3 rings (SSSR count). The van der Waals surface area contributed by atoms with E-state index in [1.807, 2.05) is 13.8 Å². The van der Waals surface area contributed by atoms with Gasteiger partial charge in [0.15, 0.2) is 17.4 Å². The average molecular weight is 591 g/mol. The summed E-state index contributed by atoms with van der Waals surface area (Å²) in [7, 11) is 0. The molecule has 0 spiro atoms. The highest BCUT2D eigenvalue weighted by molar-refractivity contribution is 6.18. The lowest BCUT2D eigenvalue weighted by atomic mass is 9.79. The number of halogens is 2. The minimum Gasteiger partial charge on any atom is -0.508 e. The smallest absolute Gasteiger partial charge is 0.199 e. The molecule has 234 valence electrons. The number of phenols is 2. The van der Waals surface area contributed by atoms with Crippen LogP contribution in [0.15, 0.2) is 12.1 Å². The van der Waals surface area contributed by atoms with Gasteiger partial charge in [0.2, 0.25) is 0 Å². The fourth-order valence-electron chi connectivity index (χ4n) is 5.83. The Labute approximate surface area is 248 Å². The zero-order chi connectivity index (χ0) is 31.1. The highest BCUT2D eigenvalue weighted by atomic mass is 19.2. The predicted molar refractivity (Wildman–Crippen MR) is 164 cm³/mol. The lowest BCUT2D eigenvalue weighted by Crippen LogP contribution is -2.30. The SMILES string of the molecule is CCN(CC)CCCC(C)Nc1c(F)c(F)c(NC(C)CCCN(CC)CC)c2c1C(=O)c1c(O)ccc(O)c1C2O. The quantitative estimate of drug-likeness (QED) is 0.155. The maximum atomic E-state index is 15.9. The molecule has 0 aliphatic heterocycles. The molecule has 0 fully saturated rings. The number of nitrogens with zero attached hydrogens (tertiary/aromatic N) is 2. The summed E-state index contributed by atoms with van der Waals surface area (Å²) in [6.07, 6.45) is 1.21. The van der Waals surface area contributed by atoms with Crippen LogP contribution in [0, 0.1) is 11.6 Å². The number of nitrogens with one attached hydrogen (secondary N) is 2. The Morgan fingerprint density at radius 2 is 1.21 bits per heavy atom. The number of benzene rings is 2. The molecule has 0 saturated carbocycles. The molecule has 42 heavy (non-hydrogen) atoms. The Kier molecular flexibility index (Phi) is 12.0. The van der Waals surface area contributed by atoms with E-state index < -0.39 is 35.0 Å². The standard InChI is InChI=1S/C32H48F2N4O4/c1-7-37(8-2)17-11-13-19(5)35-29-25-26(32(42)24-22(40)16-15-21(39)23(24)31(25)41)30(28(34)27(29)33)36-20(6)14-12-18-38(9-3)10-4/h15-16,19-20,31,35-36,39-41H,7-14,17-18H2,1-6H3. The molecule has 1 aliphatic rings. The van der Waals surface area contributed by atoms with Gasteiger partial charge in [0.25, 0.3) is 0 Å². The third-order valence-corrected chi connectivity index (χ3v) is 8.42. The van der Waals surface area contributed by atoms with Crippen molar-refractivity contribution in [3.05, 3.63) is 46.0 Å². The summed E-state index contributed by atoms with van der Waals surface area (Å²) in [6, 6.07) is 1.68. The Balaban J connectivity index is 2.03. The van der Waals surface area contributed by atoms with E-state index in [4.69, 9.17) is 0 Å². The number of phenolic OH excluding ortho intramolecular Hbond substituents is 2. The van der Waals surface area contributed by atoms with Crippen molar-refractivity contribution in [3.63, 3.8) is 0 Å². The molecule has 5 N–H and O–H groups in total. The van der Waals surface area contributed by atoms with Gasteiger partial charge in [-0.25, -0.2) is 8.78 Å². The van der Waals surface area contributed by atoms with Crippen LogP contribution in [0.2, 0.25) is 0 Å². The number of hydrogen-bond acceptors (Lipinski definition) is 8. The van der Waals surface area contributed by atoms with Gasteiger partial charge in [-0.15, -0.1) is 0 Å². The van der Waals surface area contributed by atoms with E-state index in [0.29, 0.717) is 12.8 Å². The number of fused-ring (bicyclic) bond motifs is 2. The maximum Gasteiger partial charge on any atom is 0.199 e. The number of anilines is 2. The molecule has 2 aromatic carbocycles. The number of hydrogen-bond donors (Lipinski definition) is 5. The van der Waals surface area contributed by atoms with Gasteiger partial charge in [-0.2, -0.15) is 0 Å². The first-order chi connectivity index (χ1) is 20.0. The van der Waals surface area contributed by atoms with E-state index in [2.05, 4.69) is 48.1 Å². The van der Waals surface area contributed by atoms with E-state index in [1.165, 1.54) is 0 Å². The minimum absolute atomic E-state index is 0.152. The van der Waals surface area contributed by atoms with Crippen molar-refractivity contribution in [1.29, 1.82) is 0 Å². The van der Waals surface area contributed by atoms with Crippen LogP contribution in [0.25, 0.3) is 0 Å². The molecule has 3 unspecified atom stereocenters. The molecule has 0 heterocycles. The van der Waals surface area contributed by atoms with Gasteiger partial charge in [-0.1, -0.05) is 27.7 Å². The van der Waals surface area contributed by atoms with Crippen molar-refractivity contribution < 1.29 is 28.9 Å². The highest BCUT2D eigenvalue weighted by Crippen LogP contribution is 2.49. The lowest BCUT2D eigenvalue weighted by molar-refractivity contribution is 0.101. The summed E-state index contributed by atoms with van der Waals surface area (Å²) in [5.74, 6) is -4.12. The summed E-state index contributed by atoms with van der Waals surface area (Å²) in [5.41, 5.74) is -1.61. The number of aromatic hydroxyl groups is 2. The third kappa shape index (κ3) is 7.15. The zero-order valence-corrected chi connectivity index (χ0v) is 25.9. The van der Waals surface area contributed by atoms with Crippen molar-refractivity contribution in [3.8, 4) is 11.5 Å². The second-order valence-electron chi connectivity index (χ2n) is 11.2. The van der Waals surface area contributed by atoms with Gasteiger partial charge in [-0.05, 0) is 90.9 Å². The first-order valence-corrected chi connectivity index (χ1v) is 15.3. The Morgan fingerprint density at radius 1 is 0.762 bits per heavy atom. The van der Waals surface area contributed by atoms with Gasteiger partial charge in [-0.3, -0.25) is 4.79 Å². The number of rotatable bonds is 16. The zero-order valence-electron chi connectivity index (χ0n) is 25.9. The summed E-state index contributed by atoms with van der Waals surface area (Å²) in [5, 5.41) is 38.6. The number of aliphatic hydroxyl groups is 1.